The van der Waals surface area contributed by atoms with Gasteiger partial charge in [-0.2, -0.15) is 5.26 Å². The van der Waals surface area contributed by atoms with Crippen LogP contribution in [0.4, 0.5) is 0 Å². The smallest absolute Gasteiger partial charge is 0.251 e. The number of hydrogen-bond acceptors (Lipinski definition) is 5. The van der Waals surface area contributed by atoms with Gasteiger partial charge in [-0.05, 0) is 76.8 Å². The summed E-state index contributed by atoms with van der Waals surface area (Å²) < 4.78 is 5.98. The van der Waals surface area contributed by atoms with E-state index >= 15 is 0 Å². The van der Waals surface area contributed by atoms with Crippen molar-refractivity contribution in [3.63, 3.8) is 0 Å². The number of carbonyl (C=O) groups excluding carboxylic acids is 2. The minimum absolute atomic E-state index is 0.0151. The van der Waals surface area contributed by atoms with Crippen LogP contribution in [-0.2, 0) is 11.2 Å². The molecule has 3 rings (SSSR count). The molecule has 1 heterocycles. The van der Waals surface area contributed by atoms with Crippen molar-refractivity contribution in [2.24, 2.45) is 0 Å². The summed E-state index contributed by atoms with van der Waals surface area (Å²) >= 11 is 6.48. The molecular weight excluding hydrogens is 476 g/mol. The van der Waals surface area contributed by atoms with E-state index in [1.807, 2.05) is 6.07 Å². The standard InChI is InChI=1S/C28H35ClN4O3/c1-27(2)15-20(16-28(3,4)32-27)31-26(35)19-10-12-24(22(29)14-19)36-23-9-7-8-18(21(23)17-30)11-13-25(34)33(5)6/h7-10,12,14,20,32H,11,13,15-16H2,1-6H3,(H,31,35). The normalized spacial score (nSPS) is 16.6. The topological polar surface area (TPSA) is 94.5 Å². The van der Waals surface area contributed by atoms with E-state index in [1.54, 1.807) is 44.4 Å². The Morgan fingerprint density at radius 1 is 1.14 bits per heavy atom. The number of amides is 2. The third-order valence-corrected chi connectivity index (χ3v) is 6.57. The molecule has 1 saturated heterocycles. The molecule has 1 aliphatic rings. The number of halogens is 1. The van der Waals surface area contributed by atoms with E-state index in [4.69, 9.17) is 16.3 Å². The van der Waals surface area contributed by atoms with Gasteiger partial charge in [0.15, 0.2) is 0 Å². The Morgan fingerprint density at radius 3 is 2.39 bits per heavy atom. The van der Waals surface area contributed by atoms with Gasteiger partial charge in [0.2, 0.25) is 5.91 Å². The summed E-state index contributed by atoms with van der Waals surface area (Å²) in [6, 6.07) is 12.4. The maximum absolute atomic E-state index is 13.0. The Morgan fingerprint density at radius 2 is 1.81 bits per heavy atom. The van der Waals surface area contributed by atoms with E-state index in [0.29, 0.717) is 35.5 Å². The number of ether oxygens (including phenoxy) is 1. The molecule has 2 amide bonds. The van der Waals surface area contributed by atoms with E-state index in [2.05, 4.69) is 44.4 Å². The largest absolute Gasteiger partial charge is 0.454 e. The molecule has 2 aromatic rings. The van der Waals surface area contributed by atoms with E-state index in [0.717, 1.165) is 18.4 Å². The highest BCUT2D eigenvalue weighted by molar-refractivity contribution is 6.32. The molecule has 2 N–H and O–H groups in total. The lowest BCUT2D eigenvalue weighted by Crippen LogP contribution is -2.62. The van der Waals surface area contributed by atoms with Gasteiger partial charge in [-0.1, -0.05) is 23.7 Å². The first-order valence-electron chi connectivity index (χ1n) is 12.1. The van der Waals surface area contributed by atoms with Crippen molar-refractivity contribution >= 4 is 23.4 Å². The quantitative estimate of drug-likeness (QED) is 0.542. The lowest BCUT2D eigenvalue weighted by molar-refractivity contribution is -0.128. The van der Waals surface area contributed by atoms with E-state index < -0.39 is 0 Å². The maximum atomic E-state index is 13.0. The van der Waals surface area contributed by atoms with Crippen LogP contribution < -0.4 is 15.4 Å². The van der Waals surface area contributed by atoms with Gasteiger partial charge in [0.1, 0.15) is 17.6 Å². The number of piperidine rings is 1. The number of hydrogen-bond donors (Lipinski definition) is 2. The van der Waals surface area contributed by atoms with Gasteiger partial charge < -0.3 is 20.3 Å². The Labute approximate surface area is 218 Å². The van der Waals surface area contributed by atoms with E-state index in [9.17, 15) is 14.9 Å². The fraction of sp³-hybridized carbons (Fsp3) is 0.464. The molecule has 0 aliphatic carbocycles. The number of rotatable bonds is 7. The van der Waals surface area contributed by atoms with Crippen molar-refractivity contribution in [3.8, 4) is 17.6 Å². The Kier molecular flexibility index (Phi) is 8.33. The SMILES string of the molecule is CN(C)C(=O)CCc1cccc(Oc2ccc(C(=O)NC3CC(C)(C)NC(C)(C)C3)cc2Cl)c1C#N. The van der Waals surface area contributed by atoms with Gasteiger partial charge in [-0.25, -0.2) is 0 Å². The van der Waals surface area contributed by atoms with Crippen molar-refractivity contribution < 1.29 is 14.3 Å². The first-order valence-corrected chi connectivity index (χ1v) is 12.5. The minimum Gasteiger partial charge on any atom is -0.454 e. The van der Waals surface area contributed by atoms with Gasteiger partial charge in [-0.3, -0.25) is 9.59 Å². The highest BCUT2D eigenvalue weighted by Gasteiger charge is 2.38. The molecule has 0 spiro atoms. The summed E-state index contributed by atoms with van der Waals surface area (Å²) in [6.45, 7) is 8.56. The van der Waals surface area contributed by atoms with Crippen LogP contribution in [0.15, 0.2) is 36.4 Å². The summed E-state index contributed by atoms with van der Waals surface area (Å²) in [5.74, 6) is 0.492. The number of carbonyl (C=O) groups is 2. The Balaban J connectivity index is 1.73. The molecule has 2 aromatic carbocycles. The molecular formula is C28H35ClN4O3. The third-order valence-electron chi connectivity index (χ3n) is 6.27. The van der Waals surface area contributed by atoms with Gasteiger partial charge in [-0.15, -0.1) is 0 Å². The van der Waals surface area contributed by atoms with Crippen LogP contribution in [0.1, 0.15) is 68.4 Å². The first-order chi connectivity index (χ1) is 16.8. The summed E-state index contributed by atoms with van der Waals surface area (Å²) in [5.41, 5.74) is 1.37. The van der Waals surface area contributed by atoms with Crippen molar-refractivity contribution in [1.29, 1.82) is 5.26 Å². The fourth-order valence-electron chi connectivity index (χ4n) is 5.00. The molecule has 0 unspecified atom stereocenters. The Bertz CT molecular complexity index is 1170. The second-order valence-electron chi connectivity index (χ2n) is 10.9. The highest BCUT2D eigenvalue weighted by atomic mass is 35.5. The number of nitrogens with zero attached hydrogens (tertiary/aromatic N) is 2. The summed E-state index contributed by atoms with van der Waals surface area (Å²) in [5, 5.41) is 16.8. The molecule has 0 saturated carbocycles. The van der Waals surface area contributed by atoms with Crippen LogP contribution in [-0.4, -0.2) is 47.9 Å². The average Bonchev–Trinajstić information content (AvgIpc) is 2.76. The Hall–Kier alpha value is -3.08. The van der Waals surface area contributed by atoms with Gasteiger partial charge in [0.25, 0.3) is 5.91 Å². The molecule has 1 aliphatic heterocycles. The van der Waals surface area contributed by atoms with Gasteiger partial charge >= 0.3 is 0 Å². The van der Waals surface area contributed by atoms with E-state index in [-0.39, 0.29) is 34.0 Å². The molecule has 0 aromatic heterocycles. The fourth-order valence-corrected chi connectivity index (χ4v) is 5.22. The predicted molar refractivity (Wildman–Crippen MR) is 141 cm³/mol. The number of nitrogens with one attached hydrogen (secondary N) is 2. The lowest BCUT2D eigenvalue weighted by Gasteiger charge is -2.46. The summed E-state index contributed by atoms with van der Waals surface area (Å²) in [4.78, 5) is 26.5. The van der Waals surface area contributed by atoms with Gasteiger partial charge in [0, 0.05) is 43.2 Å². The zero-order valence-corrected chi connectivity index (χ0v) is 22.6. The molecule has 8 heteroatoms. The van der Waals surface area contributed by atoms with Crippen molar-refractivity contribution in [3.05, 3.63) is 58.1 Å². The highest BCUT2D eigenvalue weighted by Crippen LogP contribution is 2.34. The van der Waals surface area contributed by atoms with Gasteiger partial charge in [0.05, 0.1) is 10.6 Å². The monoisotopic (exact) mass is 510 g/mol. The summed E-state index contributed by atoms with van der Waals surface area (Å²) in [6.07, 6.45) is 2.37. The van der Waals surface area contributed by atoms with Crippen LogP contribution in [0.2, 0.25) is 5.02 Å². The van der Waals surface area contributed by atoms with Crippen LogP contribution >= 0.6 is 11.6 Å². The molecule has 36 heavy (non-hydrogen) atoms. The minimum atomic E-state index is -0.188. The second-order valence-corrected chi connectivity index (χ2v) is 11.3. The first kappa shape index (κ1) is 27.5. The molecule has 1 fully saturated rings. The molecule has 192 valence electrons. The molecule has 0 bridgehead atoms. The maximum Gasteiger partial charge on any atom is 0.251 e. The van der Waals surface area contributed by atoms with Crippen LogP contribution in [0.5, 0.6) is 11.5 Å². The average molecular weight is 511 g/mol. The summed E-state index contributed by atoms with van der Waals surface area (Å²) in [7, 11) is 3.40. The number of aryl methyl sites for hydroxylation is 1. The van der Waals surface area contributed by atoms with Crippen LogP contribution in [0.3, 0.4) is 0 Å². The van der Waals surface area contributed by atoms with Crippen LogP contribution in [0, 0.1) is 11.3 Å². The van der Waals surface area contributed by atoms with Crippen molar-refractivity contribution in [2.75, 3.05) is 14.1 Å². The second kappa shape index (κ2) is 10.9. The zero-order valence-electron chi connectivity index (χ0n) is 21.9. The zero-order chi connectivity index (χ0) is 26.7. The van der Waals surface area contributed by atoms with Crippen LogP contribution in [0.25, 0.3) is 0 Å². The number of nitriles is 1. The number of benzene rings is 2. The van der Waals surface area contributed by atoms with Crippen molar-refractivity contribution in [2.45, 2.75) is 70.5 Å². The molecule has 0 atom stereocenters. The molecule has 0 radical (unpaired) electrons. The van der Waals surface area contributed by atoms with Crippen molar-refractivity contribution in [1.82, 2.24) is 15.5 Å². The predicted octanol–water partition coefficient (Wildman–Crippen LogP) is 5.06. The third kappa shape index (κ3) is 6.99. The lowest BCUT2D eigenvalue weighted by atomic mass is 9.79. The molecule has 7 nitrogen and oxygen atoms in total. The van der Waals surface area contributed by atoms with E-state index in [1.165, 1.54) is 4.90 Å².